The van der Waals surface area contributed by atoms with Crippen LogP contribution in [0.3, 0.4) is 0 Å². The summed E-state index contributed by atoms with van der Waals surface area (Å²) in [4.78, 5) is 33.4. The molecule has 2 atom stereocenters. The maximum absolute atomic E-state index is 13.8. The molecule has 0 aliphatic carbocycles. The second-order valence-electron chi connectivity index (χ2n) is 12.3. The normalized spacial score (nSPS) is 16.7. The Hall–Kier alpha value is -3.42. The number of hydrogen-bond acceptors (Lipinski definition) is 10. The van der Waals surface area contributed by atoms with Crippen LogP contribution in [0.4, 0.5) is 15.1 Å². The van der Waals surface area contributed by atoms with Crippen molar-refractivity contribution in [1.82, 2.24) is 9.97 Å². The zero-order chi connectivity index (χ0) is 38.8. The molecule has 1 aromatic carbocycles. The van der Waals surface area contributed by atoms with E-state index in [1.165, 1.54) is 25.6 Å². The number of benzene rings is 1. The number of rotatable bonds is 10. The fourth-order valence-electron chi connectivity index (χ4n) is 4.38. The predicted octanol–water partition coefficient (Wildman–Crippen LogP) is 8.92. The average Bonchev–Trinajstić information content (AvgIpc) is 3.03. The average molecular weight is 726 g/mol. The number of carbonyl (C=O) groups excluding carboxylic acids is 2. The highest BCUT2D eigenvalue weighted by Crippen LogP contribution is 2.34. The molecule has 1 saturated heterocycles. The first kappa shape index (κ1) is 46.6. The number of sulfonamides is 1. The van der Waals surface area contributed by atoms with Gasteiger partial charge in [-0.15, -0.1) is 0 Å². The van der Waals surface area contributed by atoms with Gasteiger partial charge in [-0.25, -0.2) is 31.9 Å². The molecule has 0 saturated carbocycles. The minimum Gasteiger partial charge on any atom is -0.434 e. The summed E-state index contributed by atoms with van der Waals surface area (Å²) in [7, 11) is -2.29. The predicted molar refractivity (Wildman–Crippen MR) is 198 cm³/mol. The van der Waals surface area contributed by atoms with Crippen molar-refractivity contribution in [2.24, 2.45) is 5.92 Å². The van der Waals surface area contributed by atoms with E-state index in [9.17, 15) is 22.4 Å². The molecule has 2 heterocycles. The van der Waals surface area contributed by atoms with E-state index in [-0.39, 0.29) is 37.2 Å². The van der Waals surface area contributed by atoms with E-state index in [0.29, 0.717) is 22.5 Å². The molecule has 0 N–H and O–H groups in total. The van der Waals surface area contributed by atoms with Gasteiger partial charge in [0.05, 0.1) is 42.9 Å². The first-order valence-corrected chi connectivity index (χ1v) is 19.2. The van der Waals surface area contributed by atoms with Crippen molar-refractivity contribution in [3.05, 3.63) is 47.4 Å². The quantitative estimate of drug-likeness (QED) is 0.173. The number of esters is 1. The lowest BCUT2D eigenvalue weighted by Crippen LogP contribution is -2.44. The summed E-state index contributed by atoms with van der Waals surface area (Å²) in [5.74, 6) is -2.33. The molecule has 284 valence electrons. The summed E-state index contributed by atoms with van der Waals surface area (Å²) in [6.45, 7) is 23.4. The molecule has 11 nitrogen and oxygen atoms in total. The molecule has 1 aromatic heterocycles. The van der Waals surface area contributed by atoms with E-state index < -0.39 is 46.0 Å². The standard InChI is InChI=1S/C30H40FN3O8S.C3H8.2C2H6/c1-18(2)17-39-29(36)40-25(35)16-23-15-22(41-30(5,6)42-23)13-14-24-26(19(3)4)32-28(34(7)43(8,37)38)33-27(24)20-9-11-21(31)12-10-20;1-3-2;2*1-2/h9-14,18-19,22-23H,15-17H2,1-8H3;3H2,1-2H3;2*1-2H3/b14-13+;;;/t22-,23-;;;/m1.../s1. The maximum Gasteiger partial charge on any atom is 0.516 e. The Morgan fingerprint density at radius 1 is 1.04 bits per heavy atom. The number of halogens is 1. The zero-order valence-electron chi connectivity index (χ0n) is 32.5. The van der Waals surface area contributed by atoms with Crippen LogP contribution in [0.25, 0.3) is 17.3 Å². The van der Waals surface area contributed by atoms with Gasteiger partial charge in [0.25, 0.3) is 0 Å². The summed E-state index contributed by atoms with van der Waals surface area (Å²) < 4.78 is 61.1. The molecule has 3 rings (SSSR count). The van der Waals surface area contributed by atoms with Crippen molar-refractivity contribution in [1.29, 1.82) is 0 Å². The van der Waals surface area contributed by atoms with Gasteiger partial charge in [-0.05, 0) is 49.9 Å². The third-order valence-electron chi connectivity index (χ3n) is 6.39. The molecular formula is C37H60FN3O8S. The van der Waals surface area contributed by atoms with Crippen LogP contribution in [0.1, 0.15) is 120 Å². The number of aromatic nitrogens is 2. The molecule has 0 bridgehead atoms. The van der Waals surface area contributed by atoms with Crippen LogP contribution >= 0.6 is 0 Å². The van der Waals surface area contributed by atoms with Crippen LogP contribution in [0.15, 0.2) is 30.3 Å². The number of anilines is 1. The number of ether oxygens (including phenoxy) is 4. The van der Waals surface area contributed by atoms with Gasteiger partial charge in [-0.2, -0.15) is 0 Å². The van der Waals surface area contributed by atoms with Crippen LogP contribution in [-0.4, -0.2) is 68.4 Å². The molecule has 13 heteroatoms. The van der Waals surface area contributed by atoms with Gasteiger partial charge in [0.15, 0.2) is 5.79 Å². The monoisotopic (exact) mass is 725 g/mol. The second kappa shape index (κ2) is 22.4. The fraction of sp³-hybridized carbons (Fsp3) is 0.622. The van der Waals surface area contributed by atoms with Crippen molar-refractivity contribution < 1.29 is 41.3 Å². The Morgan fingerprint density at radius 3 is 2.10 bits per heavy atom. The minimum absolute atomic E-state index is 0.0170. The van der Waals surface area contributed by atoms with Crippen molar-refractivity contribution in [2.45, 2.75) is 126 Å². The van der Waals surface area contributed by atoms with Gasteiger partial charge in [0.1, 0.15) is 5.82 Å². The highest BCUT2D eigenvalue weighted by Gasteiger charge is 2.36. The van der Waals surface area contributed by atoms with E-state index in [1.807, 2.05) is 55.4 Å². The minimum atomic E-state index is -3.66. The third-order valence-corrected chi connectivity index (χ3v) is 7.55. The van der Waals surface area contributed by atoms with Crippen LogP contribution in [0.2, 0.25) is 0 Å². The van der Waals surface area contributed by atoms with Gasteiger partial charge in [0, 0.05) is 24.6 Å². The summed E-state index contributed by atoms with van der Waals surface area (Å²) >= 11 is 0. The molecule has 1 aliphatic heterocycles. The van der Waals surface area contributed by atoms with E-state index in [0.717, 1.165) is 10.6 Å². The van der Waals surface area contributed by atoms with E-state index >= 15 is 0 Å². The van der Waals surface area contributed by atoms with Crippen LogP contribution in [0.5, 0.6) is 0 Å². The molecular weight excluding hydrogens is 665 g/mol. The van der Waals surface area contributed by atoms with Gasteiger partial charge < -0.3 is 18.9 Å². The molecule has 50 heavy (non-hydrogen) atoms. The lowest BCUT2D eigenvalue weighted by atomic mass is 9.97. The number of carbonyl (C=O) groups is 2. The fourth-order valence-corrected chi connectivity index (χ4v) is 4.75. The smallest absolute Gasteiger partial charge is 0.434 e. The van der Waals surface area contributed by atoms with Gasteiger partial charge in [-0.1, -0.05) is 87.8 Å². The van der Waals surface area contributed by atoms with Gasteiger partial charge >= 0.3 is 12.1 Å². The van der Waals surface area contributed by atoms with E-state index in [1.54, 1.807) is 38.1 Å². The molecule has 0 amide bonds. The molecule has 0 unspecified atom stereocenters. The Labute approximate surface area is 300 Å². The zero-order valence-corrected chi connectivity index (χ0v) is 33.3. The van der Waals surface area contributed by atoms with Crippen LogP contribution in [-0.2, 0) is 33.8 Å². The Balaban J connectivity index is 0.00000319. The van der Waals surface area contributed by atoms with Crippen LogP contribution in [0, 0.1) is 11.7 Å². The molecule has 0 radical (unpaired) electrons. The van der Waals surface area contributed by atoms with Crippen molar-refractivity contribution in [2.75, 3.05) is 24.2 Å². The van der Waals surface area contributed by atoms with Crippen molar-refractivity contribution >= 4 is 34.2 Å². The highest BCUT2D eigenvalue weighted by molar-refractivity contribution is 7.92. The Bertz CT molecular complexity index is 1460. The lowest BCUT2D eigenvalue weighted by Gasteiger charge is -2.39. The largest absolute Gasteiger partial charge is 0.516 e. The summed E-state index contributed by atoms with van der Waals surface area (Å²) in [5.41, 5.74) is 2.14. The van der Waals surface area contributed by atoms with Gasteiger partial charge in [-0.3, -0.25) is 4.79 Å². The molecule has 1 aliphatic rings. The molecule has 0 spiro atoms. The molecule has 1 fully saturated rings. The van der Waals surface area contributed by atoms with Gasteiger partial charge in [0.2, 0.25) is 16.0 Å². The van der Waals surface area contributed by atoms with Crippen molar-refractivity contribution in [3.8, 4) is 11.3 Å². The Morgan fingerprint density at radius 2 is 1.60 bits per heavy atom. The maximum atomic E-state index is 13.8. The van der Waals surface area contributed by atoms with Crippen LogP contribution < -0.4 is 4.31 Å². The van der Waals surface area contributed by atoms with Crippen molar-refractivity contribution in [3.63, 3.8) is 0 Å². The topological polar surface area (TPSA) is 134 Å². The summed E-state index contributed by atoms with van der Waals surface area (Å²) in [6, 6.07) is 5.72. The number of nitrogens with zero attached hydrogens (tertiary/aromatic N) is 3. The summed E-state index contributed by atoms with van der Waals surface area (Å²) in [6.07, 6.45) is 3.76. The summed E-state index contributed by atoms with van der Waals surface area (Å²) in [5, 5.41) is 0. The van der Waals surface area contributed by atoms with E-state index in [4.69, 9.17) is 18.9 Å². The first-order chi connectivity index (χ1) is 23.4. The second-order valence-corrected chi connectivity index (χ2v) is 14.3. The lowest BCUT2D eigenvalue weighted by molar-refractivity contribution is -0.290. The molecule has 2 aromatic rings. The highest BCUT2D eigenvalue weighted by atomic mass is 32.2. The van der Waals surface area contributed by atoms with E-state index in [2.05, 4.69) is 23.8 Å². The third kappa shape index (κ3) is 16.1. The first-order valence-electron chi connectivity index (χ1n) is 17.4. The number of hydrogen-bond donors (Lipinski definition) is 0. The Kier molecular flexibility index (Phi) is 20.9. The SMILES string of the molecule is CC.CC.CC(C)COC(=O)OC(=O)C[C@H]1C[C@@H](/C=C/c2c(-c3ccc(F)cc3)nc(N(C)S(C)(=O)=O)nc2C(C)C)OC(C)(C)O1.CCC.